The highest BCUT2D eigenvalue weighted by Gasteiger charge is 2.13. The number of aliphatic hydroxyl groups excluding tert-OH is 1. The molecule has 2 aromatic heterocycles. The summed E-state index contributed by atoms with van der Waals surface area (Å²) in [5.41, 5.74) is 1.97. The zero-order valence-electron chi connectivity index (χ0n) is 15.1. The van der Waals surface area contributed by atoms with E-state index in [0.29, 0.717) is 32.9 Å². The van der Waals surface area contributed by atoms with Crippen molar-refractivity contribution >= 4 is 46.7 Å². The van der Waals surface area contributed by atoms with Gasteiger partial charge in [-0.3, -0.25) is 9.59 Å². The van der Waals surface area contributed by atoms with Gasteiger partial charge in [-0.1, -0.05) is 11.6 Å². The first kappa shape index (κ1) is 20.8. The summed E-state index contributed by atoms with van der Waals surface area (Å²) in [6.45, 7) is -0.610. The van der Waals surface area contributed by atoms with Gasteiger partial charge in [-0.15, -0.1) is 11.8 Å². The van der Waals surface area contributed by atoms with Crippen molar-refractivity contribution in [3.05, 3.63) is 77.1 Å². The van der Waals surface area contributed by atoms with Gasteiger partial charge in [0.1, 0.15) is 17.5 Å². The minimum atomic E-state index is -0.610. The van der Waals surface area contributed by atoms with Crippen LogP contribution >= 0.6 is 23.4 Å². The second-order valence-corrected chi connectivity index (χ2v) is 7.26. The van der Waals surface area contributed by atoms with Gasteiger partial charge in [-0.25, -0.2) is 9.97 Å². The van der Waals surface area contributed by atoms with Crippen LogP contribution in [0.25, 0.3) is 0 Å². The summed E-state index contributed by atoms with van der Waals surface area (Å²) >= 11 is 7.26. The van der Waals surface area contributed by atoms with Gasteiger partial charge < -0.3 is 15.7 Å². The molecule has 7 nitrogen and oxygen atoms in total. The van der Waals surface area contributed by atoms with Gasteiger partial charge in [-0.2, -0.15) is 0 Å². The number of carbonyl (C=O) groups is 2. The number of thioether (sulfide) groups is 1. The quantitative estimate of drug-likeness (QED) is 0.496. The molecule has 0 unspecified atom stereocenters. The first-order valence-electron chi connectivity index (χ1n) is 8.55. The number of carbonyl (C=O) groups excluding carboxylic acids is 2. The third-order valence-corrected chi connectivity index (χ3v) is 5.06. The maximum absolute atomic E-state index is 12.7. The Labute approximate surface area is 176 Å². The van der Waals surface area contributed by atoms with Crippen molar-refractivity contribution in [2.24, 2.45) is 0 Å². The van der Waals surface area contributed by atoms with Gasteiger partial charge in [-0.05, 0) is 54.1 Å². The van der Waals surface area contributed by atoms with Crippen LogP contribution in [-0.2, 0) is 10.5 Å². The molecule has 3 aromatic rings. The van der Waals surface area contributed by atoms with Crippen molar-refractivity contribution in [1.82, 2.24) is 9.97 Å². The summed E-state index contributed by atoms with van der Waals surface area (Å²) in [5.74, 6) is 0.0635. The number of rotatable bonds is 7. The average Bonchev–Trinajstić information content (AvgIpc) is 2.74. The molecule has 1 aromatic carbocycles. The number of nitrogens with one attached hydrogen (secondary N) is 2. The topological polar surface area (TPSA) is 104 Å². The number of aromatic nitrogens is 2. The summed E-state index contributed by atoms with van der Waals surface area (Å²) in [6, 6.07) is 13.8. The second-order valence-electron chi connectivity index (χ2n) is 5.86. The number of amides is 2. The molecule has 0 saturated carbocycles. The molecule has 2 heterocycles. The SMILES string of the molecule is O=C(CO)Nc1cc(CSc2ncccc2C(=O)Nc2ccc(Cl)cc2)ccn1. The van der Waals surface area contributed by atoms with Crippen LogP contribution in [0.2, 0.25) is 5.02 Å². The fourth-order valence-corrected chi connectivity index (χ4v) is 3.44. The number of pyridine rings is 2. The molecule has 0 saturated heterocycles. The predicted octanol–water partition coefficient (Wildman–Crippen LogP) is 3.61. The molecule has 0 radical (unpaired) electrons. The Morgan fingerprint density at radius 1 is 1.03 bits per heavy atom. The van der Waals surface area contributed by atoms with Crippen LogP contribution in [0, 0.1) is 0 Å². The highest BCUT2D eigenvalue weighted by atomic mass is 35.5. The number of nitrogens with zero attached hydrogens (tertiary/aromatic N) is 2. The van der Waals surface area contributed by atoms with Gasteiger partial charge >= 0.3 is 0 Å². The van der Waals surface area contributed by atoms with E-state index >= 15 is 0 Å². The standard InChI is InChI=1S/C20H17ClN4O3S/c21-14-3-5-15(6-4-14)24-19(28)16-2-1-8-23-20(16)29-12-13-7-9-22-17(10-13)25-18(27)11-26/h1-10,26H,11-12H2,(H,24,28)(H,22,25,27). The van der Waals surface area contributed by atoms with Crippen molar-refractivity contribution in [1.29, 1.82) is 0 Å². The fourth-order valence-electron chi connectivity index (χ4n) is 2.38. The third kappa shape index (κ3) is 6.02. The van der Waals surface area contributed by atoms with Crippen LogP contribution in [0.15, 0.2) is 66.0 Å². The first-order chi connectivity index (χ1) is 14.0. The van der Waals surface area contributed by atoms with Crippen LogP contribution in [0.4, 0.5) is 11.5 Å². The van der Waals surface area contributed by atoms with Gasteiger partial charge in [0.2, 0.25) is 0 Å². The smallest absolute Gasteiger partial charge is 0.258 e. The Hall–Kier alpha value is -2.94. The molecule has 29 heavy (non-hydrogen) atoms. The largest absolute Gasteiger partial charge is 0.387 e. The van der Waals surface area contributed by atoms with Gasteiger partial charge in [0.05, 0.1) is 5.56 Å². The number of hydrogen-bond acceptors (Lipinski definition) is 6. The molecule has 0 aliphatic heterocycles. The maximum Gasteiger partial charge on any atom is 0.258 e. The minimum absolute atomic E-state index is 0.270. The summed E-state index contributed by atoms with van der Waals surface area (Å²) < 4.78 is 0. The van der Waals surface area contributed by atoms with E-state index in [1.54, 1.807) is 60.9 Å². The molecule has 0 atom stereocenters. The Balaban J connectivity index is 1.69. The molecule has 2 amide bonds. The Morgan fingerprint density at radius 3 is 2.59 bits per heavy atom. The van der Waals surface area contributed by atoms with E-state index in [0.717, 1.165) is 5.56 Å². The molecular formula is C20H17ClN4O3S. The summed E-state index contributed by atoms with van der Waals surface area (Å²) in [4.78, 5) is 32.3. The van der Waals surface area contributed by atoms with Crippen molar-refractivity contribution in [3.63, 3.8) is 0 Å². The normalized spacial score (nSPS) is 10.4. The molecule has 148 valence electrons. The van der Waals surface area contributed by atoms with Crippen LogP contribution in [0.1, 0.15) is 15.9 Å². The van der Waals surface area contributed by atoms with Crippen LogP contribution in [0.3, 0.4) is 0 Å². The predicted molar refractivity (Wildman–Crippen MR) is 113 cm³/mol. The fraction of sp³-hybridized carbons (Fsp3) is 0.100. The Kier molecular flexibility index (Phi) is 7.18. The lowest BCUT2D eigenvalue weighted by Gasteiger charge is -2.10. The second kappa shape index (κ2) is 10.0. The van der Waals surface area contributed by atoms with Crippen molar-refractivity contribution in [3.8, 4) is 0 Å². The van der Waals surface area contributed by atoms with Crippen molar-refractivity contribution in [2.75, 3.05) is 17.2 Å². The van der Waals surface area contributed by atoms with E-state index in [-0.39, 0.29) is 5.91 Å². The van der Waals surface area contributed by atoms with E-state index in [4.69, 9.17) is 16.7 Å². The molecule has 0 aliphatic rings. The van der Waals surface area contributed by atoms with Crippen LogP contribution in [0.5, 0.6) is 0 Å². The zero-order chi connectivity index (χ0) is 20.6. The van der Waals surface area contributed by atoms with E-state index in [2.05, 4.69) is 20.6 Å². The lowest BCUT2D eigenvalue weighted by Crippen LogP contribution is -2.16. The maximum atomic E-state index is 12.7. The van der Waals surface area contributed by atoms with Gasteiger partial charge in [0.25, 0.3) is 11.8 Å². The molecule has 3 N–H and O–H groups in total. The number of anilines is 2. The summed E-state index contributed by atoms with van der Waals surface area (Å²) in [6.07, 6.45) is 3.19. The third-order valence-electron chi connectivity index (χ3n) is 3.73. The number of aliphatic hydroxyl groups is 1. The monoisotopic (exact) mass is 428 g/mol. The summed E-state index contributed by atoms with van der Waals surface area (Å²) in [7, 11) is 0. The summed E-state index contributed by atoms with van der Waals surface area (Å²) in [5, 5.41) is 15.3. The molecule has 0 spiro atoms. The molecule has 3 rings (SSSR count). The van der Waals surface area contributed by atoms with E-state index in [1.165, 1.54) is 11.8 Å². The number of halogens is 1. The molecule has 9 heteroatoms. The van der Waals surface area contributed by atoms with E-state index in [1.807, 2.05) is 0 Å². The van der Waals surface area contributed by atoms with Crippen LogP contribution < -0.4 is 10.6 Å². The van der Waals surface area contributed by atoms with Gasteiger partial charge in [0.15, 0.2) is 0 Å². The Morgan fingerprint density at radius 2 is 1.83 bits per heavy atom. The minimum Gasteiger partial charge on any atom is -0.387 e. The van der Waals surface area contributed by atoms with Crippen molar-refractivity contribution < 1.29 is 14.7 Å². The van der Waals surface area contributed by atoms with E-state index in [9.17, 15) is 9.59 Å². The van der Waals surface area contributed by atoms with Gasteiger partial charge in [0, 0.05) is 28.9 Å². The molecule has 0 bridgehead atoms. The molecule has 0 fully saturated rings. The molecule has 0 aliphatic carbocycles. The number of benzene rings is 1. The van der Waals surface area contributed by atoms with Crippen molar-refractivity contribution in [2.45, 2.75) is 10.8 Å². The molecular weight excluding hydrogens is 412 g/mol. The van der Waals surface area contributed by atoms with E-state index < -0.39 is 12.5 Å². The highest BCUT2D eigenvalue weighted by Crippen LogP contribution is 2.25. The Bertz CT molecular complexity index is 1010. The highest BCUT2D eigenvalue weighted by molar-refractivity contribution is 7.98. The lowest BCUT2D eigenvalue weighted by atomic mass is 10.2. The zero-order valence-corrected chi connectivity index (χ0v) is 16.7. The lowest BCUT2D eigenvalue weighted by molar-refractivity contribution is -0.118. The average molecular weight is 429 g/mol. The first-order valence-corrected chi connectivity index (χ1v) is 9.92. The number of hydrogen-bond donors (Lipinski definition) is 3. The van der Waals surface area contributed by atoms with Crippen LogP contribution in [-0.4, -0.2) is 33.5 Å².